The molecule has 0 atom stereocenters. The van der Waals surface area contributed by atoms with Gasteiger partial charge in [-0.15, -0.1) is 11.3 Å². The molecule has 0 aliphatic heterocycles. The van der Waals surface area contributed by atoms with Crippen LogP contribution in [0.2, 0.25) is 5.15 Å². The van der Waals surface area contributed by atoms with Crippen LogP contribution < -0.4 is 5.32 Å². The Kier molecular flexibility index (Phi) is 3.22. The van der Waals surface area contributed by atoms with Gasteiger partial charge < -0.3 is 5.32 Å². The van der Waals surface area contributed by atoms with Crippen LogP contribution >= 0.6 is 22.9 Å². The smallest absolute Gasteiger partial charge is 0.265 e. The molecule has 2 heterocycles. The largest absolute Gasteiger partial charge is 0.318 e. The normalized spacial score (nSPS) is 10.1. The highest BCUT2D eigenvalue weighted by Gasteiger charge is 2.11. The maximum atomic E-state index is 11.8. The van der Waals surface area contributed by atoms with E-state index in [1.165, 1.54) is 11.3 Å². The highest BCUT2D eigenvalue weighted by atomic mass is 35.5. The molecule has 5 heteroatoms. The van der Waals surface area contributed by atoms with Gasteiger partial charge in [-0.1, -0.05) is 17.7 Å². The van der Waals surface area contributed by atoms with Crippen molar-refractivity contribution in [2.24, 2.45) is 0 Å². The average Bonchev–Trinajstić information content (AvgIpc) is 2.76. The summed E-state index contributed by atoms with van der Waals surface area (Å²) >= 11 is 7.30. The Balaban J connectivity index is 2.25. The standard InChI is InChI=1S/C11H9ClN2OS/c1-7-4-5-13-10(12)9(7)14-11(15)8-3-2-6-16-8/h2-6H,1H3,(H,14,15). The lowest BCUT2D eigenvalue weighted by Crippen LogP contribution is -2.11. The topological polar surface area (TPSA) is 42.0 Å². The molecule has 0 aromatic carbocycles. The molecule has 2 aromatic heterocycles. The number of nitrogens with zero attached hydrogens (tertiary/aromatic N) is 1. The van der Waals surface area contributed by atoms with Crippen molar-refractivity contribution in [2.75, 3.05) is 5.32 Å². The summed E-state index contributed by atoms with van der Waals surface area (Å²) in [5.74, 6) is -0.159. The minimum Gasteiger partial charge on any atom is -0.318 e. The van der Waals surface area contributed by atoms with Crippen LogP contribution in [0.3, 0.4) is 0 Å². The lowest BCUT2D eigenvalue weighted by Gasteiger charge is -2.08. The lowest BCUT2D eigenvalue weighted by atomic mass is 10.2. The molecule has 2 aromatic rings. The summed E-state index contributed by atoms with van der Waals surface area (Å²) in [4.78, 5) is 16.4. The van der Waals surface area contributed by atoms with E-state index in [1.807, 2.05) is 18.4 Å². The summed E-state index contributed by atoms with van der Waals surface area (Å²) in [6.45, 7) is 1.87. The van der Waals surface area contributed by atoms with E-state index in [0.717, 1.165) is 5.56 Å². The Labute approximate surface area is 102 Å². The molecule has 0 saturated carbocycles. The van der Waals surface area contributed by atoms with Gasteiger partial charge in [0.1, 0.15) is 0 Å². The van der Waals surface area contributed by atoms with E-state index in [-0.39, 0.29) is 5.91 Å². The second-order valence-corrected chi connectivity index (χ2v) is 4.53. The van der Waals surface area contributed by atoms with E-state index in [4.69, 9.17) is 11.6 Å². The first kappa shape index (κ1) is 11.1. The summed E-state index contributed by atoms with van der Waals surface area (Å²) < 4.78 is 0. The molecule has 82 valence electrons. The van der Waals surface area contributed by atoms with Crippen LogP contribution in [0.15, 0.2) is 29.8 Å². The maximum absolute atomic E-state index is 11.8. The van der Waals surface area contributed by atoms with E-state index >= 15 is 0 Å². The molecular formula is C11H9ClN2OS. The number of aromatic nitrogens is 1. The molecule has 0 radical (unpaired) electrons. The van der Waals surface area contributed by atoms with Crippen LogP contribution in [0, 0.1) is 6.92 Å². The number of nitrogens with one attached hydrogen (secondary N) is 1. The molecular weight excluding hydrogens is 244 g/mol. The Hall–Kier alpha value is -1.39. The second kappa shape index (κ2) is 4.63. The number of pyridine rings is 1. The zero-order chi connectivity index (χ0) is 11.5. The molecule has 2 rings (SSSR count). The third-order valence-corrected chi connectivity index (χ3v) is 3.25. The number of aryl methyl sites for hydroxylation is 1. The van der Waals surface area contributed by atoms with Crippen molar-refractivity contribution in [3.63, 3.8) is 0 Å². The number of amides is 1. The summed E-state index contributed by atoms with van der Waals surface area (Å²) in [5, 5.41) is 4.92. The fourth-order valence-electron chi connectivity index (χ4n) is 1.26. The molecule has 1 amide bonds. The third-order valence-electron chi connectivity index (χ3n) is 2.10. The minimum atomic E-state index is -0.159. The highest BCUT2D eigenvalue weighted by Crippen LogP contribution is 2.23. The van der Waals surface area contributed by atoms with Crippen LogP contribution in [0.5, 0.6) is 0 Å². The SMILES string of the molecule is Cc1ccnc(Cl)c1NC(=O)c1cccs1. The van der Waals surface area contributed by atoms with E-state index in [0.29, 0.717) is 15.7 Å². The van der Waals surface area contributed by atoms with Crippen molar-refractivity contribution in [3.05, 3.63) is 45.4 Å². The number of carbonyl (C=O) groups is 1. The zero-order valence-corrected chi connectivity index (χ0v) is 10.1. The van der Waals surface area contributed by atoms with Crippen molar-refractivity contribution in [3.8, 4) is 0 Å². The van der Waals surface area contributed by atoms with Gasteiger partial charge in [0, 0.05) is 6.20 Å². The molecule has 0 fully saturated rings. The van der Waals surface area contributed by atoms with Crippen LogP contribution in [-0.2, 0) is 0 Å². The molecule has 1 N–H and O–H groups in total. The van der Waals surface area contributed by atoms with Gasteiger partial charge in [0.05, 0.1) is 10.6 Å². The van der Waals surface area contributed by atoms with Gasteiger partial charge in [-0.3, -0.25) is 4.79 Å². The maximum Gasteiger partial charge on any atom is 0.265 e. The van der Waals surface area contributed by atoms with Gasteiger partial charge in [0.15, 0.2) is 5.15 Å². The number of hydrogen-bond donors (Lipinski definition) is 1. The second-order valence-electron chi connectivity index (χ2n) is 3.23. The van der Waals surface area contributed by atoms with E-state index in [1.54, 1.807) is 18.3 Å². The first-order valence-corrected chi connectivity index (χ1v) is 5.90. The van der Waals surface area contributed by atoms with Gasteiger partial charge >= 0.3 is 0 Å². The van der Waals surface area contributed by atoms with Crippen LogP contribution in [0.1, 0.15) is 15.2 Å². The Bertz CT molecular complexity index is 490. The summed E-state index contributed by atoms with van der Waals surface area (Å²) in [5.41, 5.74) is 1.47. The molecule has 0 aliphatic carbocycles. The molecule has 0 spiro atoms. The number of thiophene rings is 1. The van der Waals surface area contributed by atoms with Crippen molar-refractivity contribution in [1.29, 1.82) is 0 Å². The van der Waals surface area contributed by atoms with E-state index in [2.05, 4.69) is 10.3 Å². The number of carbonyl (C=O) groups excluding carboxylic acids is 1. The minimum absolute atomic E-state index is 0.159. The predicted molar refractivity (Wildman–Crippen MR) is 66.3 cm³/mol. The van der Waals surface area contributed by atoms with Crippen LogP contribution in [0.4, 0.5) is 5.69 Å². The third kappa shape index (κ3) is 2.23. The molecule has 0 bridgehead atoms. The monoisotopic (exact) mass is 252 g/mol. The van der Waals surface area contributed by atoms with E-state index in [9.17, 15) is 4.79 Å². The van der Waals surface area contributed by atoms with Gasteiger partial charge in [-0.2, -0.15) is 0 Å². The first-order chi connectivity index (χ1) is 7.68. The van der Waals surface area contributed by atoms with Gasteiger partial charge in [0.2, 0.25) is 0 Å². The number of hydrogen-bond acceptors (Lipinski definition) is 3. The van der Waals surface area contributed by atoms with Crippen LogP contribution in [0.25, 0.3) is 0 Å². The van der Waals surface area contributed by atoms with Gasteiger partial charge in [-0.05, 0) is 30.0 Å². The fourth-order valence-corrected chi connectivity index (χ4v) is 2.13. The van der Waals surface area contributed by atoms with Crippen molar-refractivity contribution >= 4 is 34.5 Å². The number of halogens is 1. The Morgan fingerprint density at radius 2 is 2.31 bits per heavy atom. The Morgan fingerprint density at radius 1 is 1.50 bits per heavy atom. The van der Waals surface area contributed by atoms with Crippen molar-refractivity contribution in [1.82, 2.24) is 4.98 Å². The van der Waals surface area contributed by atoms with Crippen molar-refractivity contribution < 1.29 is 4.79 Å². The average molecular weight is 253 g/mol. The zero-order valence-electron chi connectivity index (χ0n) is 8.53. The van der Waals surface area contributed by atoms with Gasteiger partial charge in [-0.25, -0.2) is 4.98 Å². The lowest BCUT2D eigenvalue weighted by molar-refractivity contribution is 0.103. The molecule has 16 heavy (non-hydrogen) atoms. The fraction of sp³-hybridized carbons (Fsp3) is 0.0909. The predicted octanol–water partition coefficient (Wildman–Crippen LogP) is 3.36. The summed E-state index contributed by atoms with van der Waals surface area (Å²) in [7, 11) is 0. The van der Waals surface area contributed by atoms with Crippen molar-refractivity contribution in [2.45, 2.75) is 6.92 Å². The molecule has 0 saturated heterocycles. The first-order valence-electron chi connectivity index (χ1n) is 4.64. The number of anilines is 1. The molecule has 0 aliphatic rings. The molecule has 3 nitrogen and oxygen atoms in total. The highest BCUT2D eigenvalue weighted by molar-refractivity contribution is 7.12. The van der Waals surface area contributed by atoms with Gasteiger partial charge in [0.25, 0.3) is 5.91 Å². The van der Waals surface area contributed by atoms with Crippen LogP contribution in [-0.4, -0.2) is 10.9 Å². The van der Waals surface area contributed by atoms with E-state index < -0.39 is 0 Å². The Morgan fingerprint density at radius 3 is 2.94 bits per heavy atom. The number of rotatable bonds is 2. The summed E-state index contributed by atoms with van der Waals surface area (Å²) in [6.07, 6.45) is 1.61. The summed E-state index contributed by atoms with van der Waals surface area (Å²) in [6, 6.07) is 5.40. The quantitative estimate of drug-likeness (QED) is 0.833. The molecule has 0 unspecified atom stereocenters.